The first-order chi connectivity index (χ1) is 18.1. The van der Waals surface area contributed by atoms with E-state index in [0.717, 1.165) is 28.8 Å². The summed E-state index contributed by atoms with van der Waals surface area (Å²) in [6.07, 6.45) is -2.14. The highest BCUT2D eigenvalue weighted by molar-refractivity contribution is 5.68. The summed E-state index contributed by atoms with van der Waals surface area (Å²) in [7, 11) is 0. The Balaban J connectivity index is 1.89. The number of hydrogen-bond acceptors (Lipinski definition) is 4. The minimum absolute atomic E-state index is 0.0192. The van der Waals surface area contributed by atoms with Crippen molar-refractivity contribution in [1.29, 1.82) is 0 Å². The molecule has 1 N–H and O–H groups in total. The van der Waals surface area contributed by atoms with Gasteiger partial charge in [-0.15, -0.1) is 0 Å². The molecule has 2 fully saturated rings. The van der Waals surface area contributed by atoms with E-state index in [1.165, 1.54) is 12.1 Å². The molecular weight excluding hydrogens is 509 g/mol. The summed E-state index contributed by atoms with van der Waals surface area (Å²) in [5.74, 6) is -0.823. The van der Waals surface area contributed by atoms with Crippen LogP contribution < -0.4 is 0 Å². The van der Waals surface area contributed by atoms with Crippen LogP contribution in [0.4, 0.5) is 18.0 Å². The molecule has 0 saturated carbocycles. The predicted octanol–water partition coefficient (Wildman–Crippen LogP) is 7.08. The molecule has 216 valence electrons. The van der Waals surface area contributed by atoms with E-state index < -0.39 is 23.3 Å². The van der Waals surface area contributed by atoms with E-state index in [0.29, 0.717) is 45.3 Å². The van der Waals surface area contributed by atoms with Crippen LogP contribution in [0.3, 0.4) is 0 Å². The third kappa shape index (κ3) is 8.10. The standard InChI is InChI=1S/C30H41F3N2O4/c1-19(2)20(3)27(23-12-14-34(15-13-23)28(38)39-29(4,5)6)35-16-11-21(18-26(36)37)17-25(35)22-7-9-24(10-8-22)30(31,32)33/h7-10,21,23,25,27H,1,3,11-18H2,2,4-6H3,(H,36,37)/t21-,25+,27-/m1/s1. The lowest BCUT2D eigenvalue weighted by molar-refractivity contribution is -0.139. The quantitative estimate of drug-likeness (QED) is 0.368. The van der Waals surface area contributed by atoms with Crippen molar-refractivity contribution in [2.24, 2.45) is 11.8 Å². The van der Waals surface area contributed by atoms with Gasteiger partial charge in [0.1, 0.15) is 5.60 Å². The molecule has 1 amide bonds. The van der Waals surface area contributed by atoms with Crippen molar-refractivity contribution >= 4 is 12.1 Å². The van der Waals surface area contributed by atoms with Gasteiger partial charge in [-0.25, -0.2) is 4.79 Å². The second-order valence-corrected chi connectivity index (χ2v) is 11.9. The normalized spacial score (nSPS) is 22.3. The third-order valence-electron chi connectivity index (χ3n) is 7.74. The molecule has 3 rings (SSSR count). The van der Waals surface area contributed by atoms with Gasteiger partial charge in [-0.2, -0.15) is 13.2 Å². The summed E-state index contributed by atoms with van der Waals surface area (Å²) in [5.41, 5.74) is 1.12. The molecule has 0 spiro atoms. The van der Waals surface area contributed by atoms with Crippen LogP contribution >= 0.6 is 0 Å². The minimum Gasteiger partial charge on any atom is -0.481 e. The van der Waals surface area contributed by atoms with Crippen LogP contribution in [0.25, 0.3) is 0 Å². The number of carboxylic acids is 1. The molecule has 3 atom stereocenters. The second-order valence-electron chi connectivity index (χ2n) is 11.9. The van der Waals surface area contributed by atoms with Crippen LogP contribution in [0.15, 0.2) is 48.6 Å². The Bertz CT molecular complexity index is 1050. The average Bonchev–Trinajstić information content (AvgIpc) is 2.83. The molecule has 0 bridgehead atoms. The molecule has 0 aliphatic carbocycles. The first kappa shape index (κ1) is 30.7. The summed E-state index contributed by atoms with van der Waals surface area (Å²) >= 11 is 0. The maximum absolute atomic E-state index is 13.3. The Morgan fingerprint density at radius 2 is 1.64 bits per heavy atom. The van der Waals surface area contributed by atoms with Crippen molar-refractivity contribution in [1.82, 2.24) is 9.80 Å². The molecule has 0 radical (unpaired) electrons. The number of nitrogens with zero attached hydrogens (tertiary/aromatic N) is 2. The number of carboxylic acid groups (broad SMARTS) is 1. The lowest BCUT2D eigenvalue weighted by Gasteiger charge is -2.49. The van der Waals surface area contributed by atoms with E-state index in [-0.39, 0.29) is 36.4 Å². The first-order valence-electron chi connectivity index (χ1n) is 13.5. The van der Waals surface area contributed by atoms with E-state index in [1.807, 2.05) is 27.7 Å². The SMILES string of the molecule is C=C(C)C(=C)[C@H](C1CCN(C(=O)OC(C)(C)C)CC1)N1CC[C@@H](CC(=O)O)C[C@H]1c1ccc(C(F)(F)F)cc1. The number of aliphatic carboxylic acids is 1. The molecule has 1 aromatic carbocycles. The average molecular weight is 551 g/mol. The van der Waals surface area contributed by atoms with Gasteiger partial charge in [0.05, 0.1) is 5.56 Å². The number of alkyl halides is 3. The molecular formula is C30H41F3N2O4. The van der Waals surface area contributed by atoms with Gasteiger partial charge in [-0.3, -0.25) is 9.69 Å². The van der Waals surface area contributed by atoms with E-state index in [1.54, 1.807) is 4.90 Å². The molecule has 2 aliphatic rings. The minimum atomic E-state index is -4.44. The van der Waals surface area contributed by atoms with Crippen LogP contribution in [0.1, 0.15) is 77.0 Å². The number of ether oxygens (including phenoxy) is 1. The van der Waals surface area contributed by atoms with Crippen molar-refractivity contribution in [3.63, 3.8) is 0 Å². The number of piperidine rings is 2. The molecule has 1 aromatic rings. The fourth-order valence-electron chi connectivity index (χ4n) is 5.78. The zero-order valence-electron chi connectivity index (χ0n) is 23.4. The molecule has 39 heavy (non-hydrogen) atoms. The number of carbonyl (C=O) groups is 2. The largest absolute Gasteiger partial charge is 0.481 e. The predicted molar refractivity (Wildman–Crippen MR) is 144 cm³/mol. The molecule has 0 aromatic heterocycles. The zero-order valence-corrected chi connectivity index (χ0v) is 23.4. The number of carbonyl (C=O) groups excluding carboxylic acids is 1. The van der Waals surface area contributed by atoms with Crippen LogP contribution in [0, 0.1) is 11.8 Å². The highest BCUT2D eigenvalue weighted by atomic mass is 19.4. The van der Waals surface area contributed by atoms with Gasteiger partial charge in [-0.1, -0.05) is 30.9 Å². The molecule has 2 aliphatic heterocycles. The van der Waals surface area contributed by atoms with Crippen LogP contribution in [-0.4, -0.2) is 58.2 Å². The second kappa shape index (κ2) is 12.1. The van der Waals surface area contributed by atoms with E-state index >= 15 is 0 Å². The molecule has 0 unspecified atom stereocenters. The number of hydrogen-bond donors (Lipinski definition) is 1. The number of benzene rings is 1. The lowest BCUT2D eigenvalue weighted by Crippen LogP contribution is -2.51. The van der Waals surface area contributed by atoms with E-state index in [2.05, 4.69) is 18.1 Å². The van der Waals surface area contributed by atoms with Gasteiger partial charge in [0.2, 0.25) is 0 Å². The van der Waals surface area contributed by atoms with Crippen LogP contribution in [-0.2, 0) is 15.7 Å². The van der Waals surface area contributed by atoms with E-state index in [9.17, 15) is 27.9 Å². The zero-order chi connectivity index (χ0) is 29.1. The first-order valence-corrected chi connectivity index (χ1v) is 13.5. The molecule has 2 saturated heterocycles. The van der Waals surface area contributed by atoms with Gasteiger partial charge in [-0.05, 0) is 95.0 Å². The summed E-state index contributed by atoms with van der Waals surface area (Å²) in [4.78, 5) is 28.1. The summed E-state index contributed by atoms with van der Waals surface area (Å²) < 4.78 is 45.3. The van der Waals surface area contributed by atoms with Crippen LogP contribution in [0.2, 0.25) is 0 Å². The topological polar surface area (TPSA) is 70.1 Å². The van der Waals surface area contributed by atoms with Gasteiger partial charge < -0.3 is 14.7 Å². The highest BCUT2D eigenvalue weighted by Crippen LogP contribution is 2.43. The Morgan fingerprint density at radius 3 is 2.13 bits per heavy atom. The number of rotatable bonds is 7. The fourth-order valence-corrected chi connectivity index (χ4v) is 5.78. The maximum Gasteiger partial charge on any atom is 0.416 e. The number of halogens is 3. The van der Waals surface area contributed by atoms with Crippen molar-refractivity contribution in [3.8, 4) is 0 Å². The maximum atomic E-state index is 13.3. The number of amides is 1. The fraction of sp³-hybridized carbons (Fsp3) is 0.600. The Morgan fingerprint density at radius 1 is 1.05 bits per heavy atom. The third-order valence-corrected chi connectivity index (χ3v) is 7.74. The Labute approximate surface area is 229 Å². The highest BCUT2D eigenvalue weighted by Gasteiger charge is 2.41. The number of likely N-dealkylation sites (tertiary alicyclic amines) is 2. The lowest BCUT2D eigenvalue weighted by atomic mass is 9.78. The summed E-state index contributed by atoms with van der Waals surface area (Å²) in [6.45, 7) is 17.5. The monoisotopic (exact) mass is 550 g/mol. The summed E-state index contributed by atoms with van der Waals surface area (Å²) in [5, 5.41) is 9.42. The van der Waals surface area contributed by atoms with Crippen molar-refractivity contribution in [3.05, 3.63) is 59.7 Å². The molecule has 2 heterocycles. The Kier molecular flexibility index (Phi) is 9.57. The van der Waals surface area contributed by atoms with Gasteiger partial charge >= 0.3 is 18.2 Å². The van der Waals surface area contributed by atoms with Crippen molar-refractivity contribution in [2.75, 3.05) is 19.6 Å². The molecule has 9 heteroatoms. The Hall–Kier alpha value is -2.81. The van der Waals surface area contributed by atoms with Crippen molar-refractivity contribution < 1.29 is 32.6 Å². The van der Waals surface area contributed by atoms with Gasteiger partial charge in [0.25, 0.3) is 0 Å². The van der Waals surface area contributed by atoms with Crippen LogP contribution in [0.5, 0.6) is 0 Å². The smallest absolute Gasteiger partial charge is 0.416 e. The van der Waals surface area contributed by atoms with Gasteiger partial charge in [0, 0.05) is 31.6 Å². The van der Waals surface area contributed by atoms with Gasteiger partial charge in [0.15, 0.2) is 0 Å². The van der Waals surface area contributed by atoms with Crippen molar-refractivity contribution in [2.45, 2.75) is 83.7 Å². The van der Waals surface area contributed by atoms with E-state index in [4.69, 9.17) is 4.74 Å². The molecule has 6 nitrogen and oxygen atoms in total. The summed E-state index contributed by atoms with van der Waals surface area (Å²) in [6, 6.07) is 4.80.